The third kappa shape index (κ3) is 6.83. The summed E-state index contributed by atoms with van der Waals surface area (Å²) in [6.45, 7) is 0. The van der Waals surface area contributed by atoms with Crippen molar-refractivity contribution in [3.8, 4) is 55.6 Å². The maximum Gasteiger partial charge on any atom is 0.0714 e. The van der Waals surface area contributed by atoms with E-state index in [1.807, 2.05) is 11.3 Å². The third-order valence-corrected chi connectivity index (χ3v) is 15.3. The average Bonchev–Trinajstić information content (AvgIpc) is 3.95. The monoisotopic (exact) mass is 895 g/mol. The summed E-state index contributed by atoms with van der Waals surface area (Å²) < 4.78 is 2.55. The number of rotatable bonds is 9. The van der Waals surface area contributed by atoms with Crippen molar-refractivity contribution in [1.82, 2.24) is 0 Å². The standard InChI is InChI=1S/C67H45NS/c1-6-18-46(19-7-1)48-30-32-49(33-31-48)51-36-40-56(41-37-51)68(55-38-34-50(35-39-55)47-20-8-2-9-21-47)57-42-43-62-59(44-57)66-63(69-62)45-61-65(64(66)52-22-10-3-11-23-52)58-28-16-17-29-60(58)67(61,53-24-12-4-13-25-53)54-26-14-5-15-27-54/h1-45H. The minimum absolute atomic E-state index is 0.508. The van der Waals surface area contributed by atoms with E-state index in [9.17, 15) is 0 Å². The van der Waals surface area contributed by atoms with Gasteiger partial charge in [-0.25, -0.2) is 0 Å². The molecule has 0 bridgehead atoms. The van der Waals surface area contributed by atoms with E-state index in [4.69, 9.17) is 0 Å². The molecule has 0 spiro atoms. The highest BCUT2D eigenvalue weighted by molar-refractivity contribution is 7.26. The summed E-state index contributed by atoms with van der Waals surface area (Å²) in [7, 11) is 0. The van der Waals surface area contributed by atoms with Crippen molar-refractivity contribution < 1.29 is 0 Å². The van der Waals surface area contributed by atoms with Crippen LogP contribution in [0.3, 0.4) is 0 Å². The molecule has 12 aromatic rings. The number of hydrogen-bond acceptors (Lipinski definition) is 2. The van der Waals surface area contributed by atoms with Crippen LogP contribution in [0.4, 0.5) is 17.1 Å². The average molecular weight is 896 g/mol. The minimum atomic E-state index is -0.508. The number of benzene rings is 11. The van der Waals surface area contributed by atoms with Gasteiger partial charge in [0.1, 0.15) is 0 Å². The van der Waals surface area contributed by atoms with E-state index >= 15 is 0 Å². The van der Waals surface area contributed by atoms with Crippen LogP contribution < -0.4 is 4.90 Å². The molecule has 0 unspecified atom stereocenters. The molecule has 0 saturated carbocycles. The van der Waals surface area contributed by atoms with Crippen LogP contribution in [0.1, 0.15) is 22.3 Å². The summed E-state index contributed by atoms with van der Waals surface area (Å²) >= 11 is 1.90. The summed E-state index contributed by atoms with van der Waals surface area (Å²) in [6.07, 6.45) is 0. The number of nitrogens with zero attached hydrogens (tertiary/aromatic N) is 1. The molecule has 0 aliphatic heterocycles. The molecule has 0 radical (unpaired) electrons. The van der Waals surface area contributed by atoms with Crippen molar-refractivity contribution in [3.63, 3.8) is 0 Å². The van der Waals surface area contributed by atoms with Gasteiger partial charge in [-0.15, -0.1) is 11.3 Å². The fourth-order valence-corrected chi connectivity index (χ4v) is 12.2. The van der Waals surface area contributed by atoms with Gasteiger partial charge in [-0.3, -0.25) is 0 Å². The van der Waals surface area contributed by atoms with Gasteiger partial charge >= 0.3 is 0 Å². The van der Waals surface area contributed by atoms with Gasteiger partial charge < -0.3 is 4.90 Å². The molecule has 0 N–H and O–H groups in total. The lowest BCUT2D eigenvalue weighted by Gasteiger charge is -2.34. The molecule has 2 heteroatoms. The summed E-state index contributed by atoms with van der Waals surface area (Å²) in [5, 5.41) is 2.55. The van der Waals surface area contributed by atoms with Gasteiger partial charge in [0.05, 0.1) is 5.41 Å². The quantitative estimate of drug-likeness (QED) is 0.140. The first kappa shape index (κ1) is 40.7. The van der Waals surface area contributed by atoms with Crippen LogP contribution in [0.2, 0.25) is 0 Å². The first-order valence-electron chi connectivity index (χ1n) is 23.7. The van der Waals surface area contributed by atoms with Crippen LogP contribution in [-0.4, -0.2) is 0 Å². The molecule has 69 heavy (non-hydrogen) atoms. The largest absolute Gasteiger partial charge is 0.310 e. The summed E-state index contributed by atoms with van der Waals surface area (Å²) in [4.78, 5) is 2.42. The Hall–Kier alpha value is -8.56. The summed E-state index contributed by atoms with van der Waals surface area (Å²) in [6, 6.07) is 100. The van der Waals surface area contributed by atoms with Gasteiger partial charge in [0, 0.05) is 37.2 Å². The van der Waals surface area contributed by atoms with Crippen molar-refractivity contribution in [2.75, 3.05) is 4.90 Å². The molecule has 1 aromatic heterocycles. The molecule has 0 fully saturated rings. The fraction of sp³-hybridized carbons (Fsp3) is 0.0149. The third-order valence-electron chi connectivity index (χ3n) is 14.2. The Labute approximate surface area is 407 Å². The second-order valence-corrected chi connectivity index (χ2v) is 19.0. The van der Waals surface area contributed by atoms with Crippen LogP contribution in [0.15, 0.2) is 273 Å². The summed E-state index contributed by atoms with van der Waals surface area (Å²) in [5.74, 6) is 0. The van der Waals surface area contributed by atoms with E-state index in [-0.39, 0.29) is 0 Å². The van der Waals surface area contributed by atoms with Gasteiger partial charge in [-0.2, -0.15) is 0 Å². The molecule has 13 rings (SSSR count). The predicted octanol–water partition coefficient (Wildman–Crippen LogP) is 18.6. The zero-order chi connectivity index (χ0) is 45.7. The Morgan fingerprint density at radius 2 is 0.696 bits per heavy atom. The van der Waals surface area contributed by atoms with Crippen molar-refractivity contribution >= 4 is 48.6 Å². The Kier molecular flexibility index (Phi) is 10.00. The maximum absolute atomic E-state index is 2.53. The van der Waals surface area contributed by atoms with Crippen molar-refractivity contribution in [2.45, 2.75) is 5.41 Å². The van der Waals surface area contributed by atoms with E-state index in [0.29, 0.717) is 0 Å². The Morgan fingerprint density at radius 3 is 1.20 bits per heavy atom. The number of fused-ring (bicyclic) bond motifs is 6. The van der Waals surface area contributed by atoms with Gasteiger partial charge in [-0.1, -0.05) is 224 Å². The number of thiophene rings is 1. The molecule has 0 amide bonds. The maximum atomic E-state index is 2.53. The van der Waals surface area contributed by atoms with Crippen LogP contribution in [0, 0.1) is 0 Å². The topological polar surface area (TPSA) is 3.24 Å². The molecule has 11 aromatic carbocycles. The van der Waals surface area contributed by atoms with Gasteiger partial charge in [0.25, 0.3) is 0 Å². The molecular weight excluding hydrogens is 851 g/mol. The first-order chi connectivity index (χ1) is 34.2. The van der Waals surface area contributed by atoms with Gasteiger partial charge in [0.2, 0.25) is 0 Å². The SMILES string of the molecule is c1ccc(-c2ccc(-c3ccc(N(c4ccc(-c5ccccc5)cc4)c4ccc5sc6cc7c(c(-c8ccccc8)c6c5c4)-c4ccccc4C7(c4ccccc4)c4ccccc4)cc3)cc2)cc1. The molecule has 0 atom stereocenters. The number of hydrogen-bond donors (Lipinski definition) is 0. The van der Waals surface area contributed by atoms with Gasteiger partial charge in [-0.05, 0) is 126 Å². The lowest BCUT2D eigenvalue weighted by molar-refractivity contribution is 0.770. The predicted molar refractivity (Wildman–Crippen MR) is 293 cm³/mol. The fourth-order valence-electron chi connectivity index (χ4n) is 11.0. The van der Waals surface area contributed by atoms with Crippen LogP contribution in [0.25, 0.3) is 75.8 Å². The molecule has 1 heterocycles. The minimum Gasteiger partial charge on any atom is -0.310 e. The molecule has 324 valence electrons. The van der Waals surface area contributed by atoms with E-state index in [1.165, 1.54) is 98.1 Å². The van der Waals surface area contributed by atoms with E-state index in [0.717, 1.165) is 17.1 Å². The molecule has 1 aliphatic carbocycles. The van der Waals surface area contributed by atoms with Gasteiger partial charge in [0.15, 0.2) is 0 Å². The van der Waals surface area contributed by atoms with E-state index in [1.54, 1.807) is 0 Å². The second-order valence-electron chi connectivity index (χ2n) is 18.0. The van der Waals surface area contributed by atoms with Crippen molar-refractivity contribution in [3.05, 3.63) is 295 Å². The molecule has 0 saturated heterocycles. The van der Waals surface area contributed by atoms with E-state index in [2.05, 4.69) is 278 Å². The first-order valence-corrected chi connectivity index (χ1v) is 24.6. The van der Waals surface area contributed by atoms with E-state index < -0.39 is 5.41 Å². The van der Waals surface area contributed by atoms with Crippen LogP contribution in [0.5, 0.6) is 0 Å². The lowest BCUT2D eigenvalue weighted by atomic mass is 9.67. The van der Waals surface area contributed by atoms with Crippen molar-refractivity contribution in [1.29, 1.82) is 0 Å². The lowest BCUT2D eigenvalue weighted by Crippen LogP contribution is -2.28. The zero-order valence-corrected chi connectivity index (χ0v) is 38.7. The molecule has 1 nitrogen and oxygen atoms in total. The Morgan fingerprint density at radius 1 is 0.290 bits per heavy atom. The molecule has 1 aliphatic rings. The van der Waals surface area contributed by atoms with Crippen molar-refractivity contribution in [2.24, 2.45) is 0 Å². The zero-order valence-electron chi connectivity index (χ0n) is 37.8. The summed E-state index contributed by atoms with van der Waals surface area (Å²) in [5.41, 5.74) is 20.3. The Bertz CT molecular complexity index is 3730. The smallest absolute Gasteiger partial charge is 0.0714 e. The van der Waals surface area contributed by atoms with Crippen LogP contribution in [-0.2, 0) is 5.41 Å². The number of anilines is 3. The molecular formula is C67H45NS. The van der Waals surface area contributed by atoms with Crippen LogP contribution >= 0.6 is 11.3 Å². The highest BCUT2D eigenvalue weighted by Gasteiger charge is 2.47. The normalized spacial score (nSPS) is 12.5. The Balaban J connectivity index is 1.02. The highest BCUT2D eigenvalue weighted by Crippen LogP contribution is 2.61. The highest BCUT2D eigenvalue weighted by atomic mass is 32.1. The second kappa shape index (κ2) is 16.9.